The van der Waals surface area contributed by atoms with E-state index in [4.69, 9.17) is 4.74 Å². The Balaban J connectivity index is 1.40. The van der Waals surface area contributed by atoms with Gasteiger partial charge in [-0.2, -0.15) is 0 Å². The fourth-order valence-corrected chi connectivity index (χ4v) is 4.27. The highest BCUT2D eigenvalue weighted by atomic mass is 19.1. The number of nitrogens with one attached hydrogen (secondary N) is 4. The van der Waals surface area contributed by atoms with Crippen LogP contribution in [0.1, 0.15) is 42.7 Å². The largest absolute Gasteiger partial charge is 0.467 e. The van der Waals surface area contributed by atoms with Crippen LogP contribution in [0.15, 0.2) is 84.9 Å². The third-order valence-electron chi connectivity index (χ3n) is 6.37. The molecule has 0 fully saturated rings. The summed E-state index contributed by atoms with van der Waals surface area (Å²) >= 11 is 0. The predicted molar refractivity (Wildman–Crippen MR) is 154 cm³/mol. The van der Waals surface area contributed by atoms with Gasteiger partial charge in [-0.15, -0.1) is 0 Å². The van der Waals surface area contributed by atoms with Crippen LogP contribution in [0.2, 0.25) is 0 Å². The Kier molecular flexibility index (Phi) is 12.3. The van der Waals surface area contributed by atoms with E-state index >= 15 is 0 Å². The van der Waals surface area contributed by atoms with E-state index in [1.165, 1.54) is 25.3 Å². The smallest absolute Gasteiger partial charge is 0.328 e. The topological polar surface area (TPSA) is 126 Å². The van der Waals surface area contributed by atoms with Crippen LogP contribution in [0.5, 0.6) is 0 Å². The first-order valence-corrected chi connectivity index (χ1v) is 13.4. The van der Waals surface area contributed by atoms with Crippen molar-refractivity contribution in [2.45, 2.75) is 37.6 Å². The summed E-state index contributed by atoms with van der Waals surface area (Å²) in [5, 5.41) is 10.6. The molecule has 0 radical (unpaired) electrons. The number of rotatable bonds is 14. The molecule has 0 aliphatic rings. The van der Waals surface area contributed by atoms with Gasteiger partial charge in [0.1, 0.15) is 18.3 Å². The van der Waals surface area contributed by atoms with E-state index in [-0.39, 0.29) is 24.1 Å². The Bertz CT molecular complexity index is 1250. The molecule has 0 saturated heterocycles. The fraction of sp³-hybridized carbons (Fsp3) is 0.290. The molecule has 4 amide bonds. The normalized spacial score (nSPS) is 11.3. The summed E-state index contributed by atoms with van der Waals surface area (Å²) in [5.41, 5.74) is 2.15. The lowest BCUT2D eigenvalue weighted by atomic mass is 9.91. The van der Waals surface area contributed by atoms with Crippen molar-refractivity contribution in [3.63, 3.8) is 0 Å². The molecule has 0 heterocycles. The van der Waals surface area contributed by atoms with Gasteiger partial charge in [-0.3, -0.25) is 9.59 Å². The average Bonchev–Trinajstić information content (AvgIpc) is 2.98. The van der Waals surface area contributed by atoms with Crippen molar-refractivity contribution >= 4 is 29.5 Å². The molecule has 0 aliphatic carbocycles. The maximum absolute atomic E-state index is 13.7. The van der Waals surface area contributed by atoms with Gasteiger partial charge >= 0.3 is 12.0 Å². The zero-order valence-electron chi connectivity index (χ0n) is 22.9. The zero-order chi connectivity index (χ0) is 29.5. The molecular formula is C31H35FN4O5. The SMILES string of the molecule is COC(=O)C(CCCCNC(=O)NCC(c1ccccc1)c1ccccc1)NC(=O)CC(=O)Nc1ccccc1F. The Hall–Kier alpha value is -4.73. The molecule has 0 aliphatic heterocycles. The summed E-state index contributed by atoms with van der Waals surface area (Å²) in [4.78, 5) is 49.0. The molecule has 10 heteroatoms. The van der Waals surface area contributed by atoms with Gasteiger partial charge in [0.2, 0.25) is 11.8 Å². The summed E-state index contributed by atoms with van der Waals surface area (Å²) in [6.07, 6.45) is 0.709. The summed E-state index contributed by atoms with van der Waals surface area (Å²) in [5.74, 6) is -2.68. The second-order valence-electron chi connectivity index (χ2n) is 9.35. The second kappa shape index (κ2) is 16.4. The maximum Gasteiger partial charge on any atom is 0.328 e. The van der Waals surface area contributed by atoms with E-state index in [2.05, 4.69) is 21.3 Å². The van der Waals surface area contributed by atoms with Crippen molar-refractivity contribution in [2.75, 3.05) is 25.5 Å². The highest BCUT2D eigenvalue weighted by Gasteiger charge is 2.22. The first kappa shape index (κ1) is 30.8. The molecule has 216 valence electrons. The highest BCUT2D eigenvalue weighted by molar-refractivity contribution is 6.04. The minimum Gasteiger partial charge on any atom is -0.467 e. The highest BCUT2D eigenvalue weighted by Crippen LogP contribution is 2.23. The lowest BCUT2D eigenvalue weighted by molar-refractivity contribution is -0.145. The quantitative estimate of drug-likeness (QED) is 0.134. The van der Waals surface area contributed by atoms with Crippen LogP contribution in [0.3, 0.4) is 0 Å². The van der Waals surface area contributed by atoms with Crippen LogP contribution >= 0.6 is 0 Å². The van der Waals surface area contributed by atoms with Crippen LogP contribution in [-0.4, -0.2) is 50.1 Å². The molecule has 0 aromatic heterocycles. The number of ether oxygens (including phenoxy) is 1. The lowest BCUT2D eigenvalue weighted by Crippen LogP contribution is -2.42. The van der Waals surface area contributed by atoms with Crippen molar-refractivity contribution in [1.29, 1.82) is 0 Å². The van der Waals surface area contributed by atoms with Crippen LogP contribution in [-0.2, 0) is 19.1 Å². The third-order valence-corrected chi connectivity index (χ3v) is 6.37. The van der Waals surface area contributed by atoms with Gasteiger partial charge in [0.15, 0.2) is 0 Å². The van der Waals surface area contributed by atoms with Gasteiger partial charge in [0.25, 0.3) is 0 Å². The van der Waals surface area contributed by atoms with Gasteiger partial charge in [0.05, 0.1) is 12.8 Å². The molecule has 4 N–H and O–H groups in total. The molecule has 0 spiro atoms. The Morgan fingerprint density at radius 3 is 2.00 bits per heavy atom. The number of unbranched alkanes of at least 4 members (excludes halogenated alkanes) is 1. The second-order valence-corrected chi connectivity index (χ2v) is 9.35. The standard InChI is InChI=1S/C31H35FN4O5/c1-41-30(39)27(36-29(38)20-28(37)35-26-17-9-8-16-25(26)32)18-10-11-19-33-31(40)34-21-24(22-12-4-2-5-13-22)23-14-6-3-7-15-23/h2-9,12-17,24,27H,10-11,18-21H2,1H3,(H,35,37)(H,36,38)(H2,33,34,40). The van der Waals surface area contributed by atoms with Crippen LogP contribution in [0.25, 0.3) is 0 Å². The number of para-hydroxylation sites is 1. The average molecular weight is 563 g/mol. The summed E-state index contributed by atoms with van der Waals surface area (Å²) in [7, 11) is 1.20. The first-order valence-electron chi connectivity index (χ1n) is 13.4. The van der Waals surface area contributed by atoms with E-state index in [0.717, 1.165) is 11.1 Å². The maximum atomic E-state index is 13.7. The van der Waals surface area contributed by atoms with Gasteiger partial charge in [-0.1, -0.05) is 72.8 Å². The van der Waals surface area contributed by atoms with Crippen LogP contribution in [0, 0.1) is 5.82 Å². The molecular weight excluding hydrogens is 527 g/mol. The van der Waals surface area contributed by atoms with Crippen molar-refractivity contribution < 1.29 is 28.3 Å². The Labute approximate surface area is 238 Å². The van der Waals surface area contributed by atoms with Gasteiger partial charge in [-0.25, -0.2) is 14.0 Å². The lowest BCUT2D eigenvalue weighted by Gasteiger charge is -2.19. The molecule has 0 saturated carbocycles. The van der Waals surface area contributed by atoms with Crippen molar-refractivity contribution in [3.8, 4) is 0 Å². The number of anilines is 1. The molecule has 41 heavy (non-hydrogen) atoms. The van der Waals surface area contributed by atoms with E-state index in [1.54, 1.807) is 6.07 Å². The van der Waals surface area contributed by atoms with E-state index in [0.29, 0.717) is 25.9 Å². The number of esters is 1. The van der Waals surface area contributed by atoms with Crippen molar-refractivity contribution in [1.82, 2.24) is 16.0 Å². The molecule has 9 nitrogen and oxygen atoms in total. The number of halogens is 1. The third kappa shape index (κ3) is 10.4. The van der Waals surface area contributed by atoms with Gasteiger partial charge in [-0.05, 0) is 42.5 Å². The summed E-state index contributed by atoms with van der Waals surface area (Å²) in [6.45, 7) is 0.779. The number of methoxy groups -OCH3 is 1. The minimum atomic E-state index is -0.958. The molecule has 1 atom stereocenters. The summed E-state index contributed by atoms with van der Waals surface area (Å²) < 4.78 is 18.5. The number of hydrogen-bond donors (Lipinski definition) is 4. The van der Waals surface area contributed by atoms with Crippen LogP contribution < -0.4 is 21.3 Å². The molecule has 1 unspecified atom stereocenters. The van der Waals surface area contributed by atoms with Gasteiger partial charge < -0.3 is 26.0 Å². The number of amides is 4. The van der Waals surface area contributed by atoms with Crippen LogP contribution in [0.4, 0.5) is 14.9 Å². The number of carbonyl (C=O) groups excluding carboxylic acids is 4. The summed E-state index contributed by atoms with van der Waals surface area (Å²) in [6, 6.07) is 24.2. The van der Waals surface area contributed by atoms with Gasteiger partial charge in [0, 0.05) is 19.0 Å². The van der Waals surface area contributed by atoms with E-state index in [1.807, 2.05) is 60.7 Å². The number of hydrogen-bond acceptors (Lipinski definition) is 5. The monoisotopic (exact) mass is 562 g/mol. The molecule has 0 bridgehead atoms. The fourth-order valence-electron chi connectivity index (χ4n) is 4.27. The zero-order valence-corrected chi connectivity index (χ0v) is 22.9. The van der Waals surface area contributed by atoms with Crippen molar-refractivity contribution in [3.05, 3.63) is 102 Å². The molecule has 3 aromatic rings. The first-order chi connectivity index (χ1) is 19.9. The molecule has 3 aromatic carbocycles. The minimum absolute atomic E-state index is 0.00127. The van der Waals surface area contributed by atoms with E-state index < -0.39 is 36.1 Å². The van der Waals surface area contributed by atoms with E-state index in [9.17, 15) is 23.6 Å². The molecule has 3 rings (SSSR count). The number of benzene rings is 3. The number of carbonyl (C=O) groups is 4. The Morgan fingerprint density at radius 1 is 0.780 bits per heavy atom. The Morgan fingerprint density at radius 2 is 1.39 bits per heavy atom. The van der Waals surface area contributed by atoms with Crippen molar-refractivity contribution in [2.24, 2.45) is 0 Å². The number of urea groups is 1. The predicted octanol–water partition coefficient (Wildman–Crippen LogP) is 4.11.